The molecular weight excluding hydrogens is 278 g/mol. The van der Waals surface area contributed by atoms with Crippen molar-refractivity contribution in [2.45, 2.75) is 19.4 Å². The summed E-state index contributed by atoms with van der Waals surface area (Å²) in [5.74, 6) is 1.28. The number of benzene rings is 2. The van der Waals surface area contributed by atoms with Gasteiger partial charge in [-0.2, -0.15) is 0 Å². The molecule has 4 nitrogen and oxygen atoms in total. The molecule has 0 heterocycles. The Morgan fingerprint density at radius 3 is 2.32 bits per heavy atom. The number of nitrogens with one attached hydrogen (secondary N) is 1. The Balaban J connectivity index is 1.76. The molecule has 0 spiro atoms. The van der Waals surface area contributed by atoms with Crippen LogP contribution in [0.2, 0.25) is 0 Å². The van der Waals surface area contributed by atoms with Crippen LogP contribution in [0.15, 0.2) is 54.6 Å². The van der Waals surface area contributed by atoms with Crippen molar-refractivity contribution in [3.8, 4) is 11.5 Å². The normalized spacial score (nSPS) is 11.5. The summed E-state index contributed by atoms with van der Waals surface area (Å²) in [6.07, 6.45) is 0.270. The van der Waals surface area contributed by atoms with E-state index in [4.69, 9.17) is 9.47 Å². The van der Waals surface area contributed by atoms with Crippen molar-refractivity contribution in [1.82, 2.24) is 5.32 Å². The van der Waals surface area contributed by atoms with Gasteiger partial charge in [0.05, 0.1) is 7.11 Å². The molecule has 0 unspecified atom stereocenters. The Morgan fingerprint density at radius 2 is 1.68 bits per heavy atom. The lowest BCUT2D eigenvalue weighted by Crippen LogP contribution is -2.37. The molecule has 1 amide bonds. The molecule has 22 heavy (non-hydrogen) atoms. The predicted molar refractivity (Wildman–Crippen MR) is 86.2 cm³/mol. The highest BCUT2D eigenvalue weighted by molar-refractivity contribution is 5.80. The van der Waals surface area contributed by atoms with Crippen LogP contribution in [0.25, 0.3) is 0 Å². The van der Waals surface area contributed by atoms with Gasteiger partial charge in [-0.05, 0) is 43.2 Å². The van der Waals surface area contributed by atoms with Crippen LogP contribution >= 0.6 is 0 Å². The topological polar surface area (TPSA) is 47.6 Å². The van der Waals surface area contributed by atoms with Crippen molar-refractivity contribution in [2.24, 2.45) is 0 Å². The first-order chi connectivity index (χ1) is 10.7. The molecule has 0 aliphatic heterocycles. The number of amides is 1. The molecule has 2 aromatic carbocycles. The van der Waals surface area contributed by atoms with Crippen LogP contribution in [0.5, 0.6) is 11.5 Å². The molecular formula is C18H21NO3. The van der Waals surface area contributed by atoms with Crippen molar-refractivity contribution >= 4 is 5.91 Å². The number of hydrogen-bond donors (Lipinski definition) is 1. The van der Waals surface area contributed by atoms with E-state index >= 15 is 0 Å². The van der Waals surface area contributed by atoms with Crippen molar-refractivity contribution in [3.05, 3.63) is 60.2 Å². The van der Waals surface area contributed by atoms with E-state index < -0.39 is 6.10 Å². The first kappa shape index (κ1) is 15.9. The standard InChI is InChI=1S/C18H21NO3/c1-14(22-17-10-8-16(21-2)9-11-17)18(20)19-13-12-15-6-4-3-5-7-15/h3-11,14H,12-13H2,1-2H3,(H,19,20)/t14-/m0/s1. The van der Waals surface area contributed by atoms with Crippen LogP contribution in [0.1, 0.15) is 12.5 Å². The zero-order valence-electron chi connectivity index (χ0n) is 12.9. The quantitative estimate of drug-likeness (QED) is 0.855. The average Bonchev–Trinajstić information content (AvgIpc) is 2.56. The van der Waals surface area contributed by atoms with Gasteiger partial charge in [0.15, 0.2) is 6.10 Å². The van der Waals surface area contributed by atoms with E-state index in [2.05, 4.69) is 5.32 Å². The molecule has 0 aromatic heterocycles. The van der Waals surface area contributed by atoms with Gasteiger partial charge in [0.2, 0.25) is 0 Å². The Hall–Kier alpha value is -2.49. The Morgan fingerprint density at radius 1 is 1.05 bits per heavy atom. The third-order valence-electron chi connectivity index (χ3n) is 3.30. The molecule has 1 atom stereocenters. The van der Waals surface area contributed by atoms with Crippen LogP contribution < -0.4 is 14.8 Å². The second kappa shape index (κ2) is 8.08. The third kappa shape index (κ3) is 4.81. The molecule has 4 heteroatoms. The summed E-state index contributed by atoms with van der Waals surface area (Å²) in [7, 11) is 1.61. The number of hydrogen-bond acceptors (Lipinski definition) is 3. The number of carbonyl (C=O) groups is 1. The van der Waals surface area contributed by atoms with Gasteiger partial charge in [0.25, 0.3) is 5.91 Å². The third-order valence-corrected chi connectivity index (χ3v) is 3.30. The molecule has 0 radical (unpaired) electrons. The van der Waals surface area contributed by atoms with Gasteiger partial charge in [-0.25, -0.2) is 0 Å². The molecule has 116 valence electrons. The molecule has 0 saturated carbocycles. The van der Waals surface area contributed by atoms with Crippen molar-refractivity contribution < 1.29 is 14.3 Å². The maximum absolute atomic E-state index is 12.0. The maximum atomic E-state index is 12.0. The summed E-state index contributed by atoms with van der Waals surface area (Å²) in [5, 5.41) is 2.89. The van der Waals surface area contributed by atoms with Crippen LogP contribution in [-0.2, 0) is 11.2 Å². The fourth-order valence-electron chi connectivity index (χ4n) is 2.03. The van der Waals surface area contributed by atoms with Crippen LogP contribution in [0, 0.1) is 0 Å². The van der Waals surface area contributed by atoms with Gasteiger partial charge in [0.1, 0.15) is 11.5 Å². The van der Waals surface area contributed by atoms with Crippen LogP contribution in [-0.4, -0.2) is 25.7 Å². The summed E-state index contributed by atoms with van der Waals surface area (Å²) in [6.45, 7) is 2.33. The zero-order valence-corrected chi connectivity index (χ0v) is 12.9. The van der Waals surface area contributed by atoms with Crippen LogP contribution in [0.3, 0.4) is 0 Å². The molecule has 0 aliphatic rings. The maximum Gasteiger partial charge on any atom is 0.260 e. The van der Waals surface area contributed by atoms with E-state index in [1.165, 1.54) is 5.56 Å². The number of carbonyl (C=O) groups excluding carboxylic acids is 1. The fourth-order valence-corrected chi connectivity index (χ4v) is 2.03. The summed E-state index contributed by atoms with van der Waals surface area (Å²) >= 11 is 0. The molecule has 0 bridgehead atoms. The average molecular weight is 299 g/mol. The second-order valence-corrected chi connectivity index (χ2v) is 4.96. The van der Waals surface area contributed by atoms with Gasteiger partial charge < -0.3 is 14.8 Å². The molecule has 2 rings (SSSR count). The van der Waals surface area contributed by atoms with Gasteiger partial charge in [-0.3, -0.25) is 4.79 Å². The van der Waals surface area contributed by atoms with Crippen molar-refractivity contribution in [3.63, 3.8) is 0 Å². The first-order valence-corrected chi connectivity index (χ1v) is 7.31. The SMILES string of the molecule is COc1ccc(O[C@@H](C)C(=O)NCCc2ccccc2)cc1. The molecule has 0 fully saturated rings. The number of ether oxygens (including phenoxy) is 2. The van der Waals surface area contributed by atoms with Gasteiger partial charge >= 0.3 is 0 Å². The minimum absolute atomic E-state index is 0.119. The van der Waals surface area contributed by atoms with E-state index in [1.807, 2.05) is 30.3 Å². The van der Waals surface area contributed by atoms with E-state index in [0.29, 0.717) is 12.3 Å². The minimum Gasteiger partial charge on any atom is -0.497 e. The lowest BCUT2D eigenvalue weighted by Gasteiger charge is -2.15. The summed E-state index contributed by atoms with van der Waals surface area (Å²) < 4.78 is 10.7. The highest BCUT2D eigenvalue weighted by Gasteiger charge is 2.13. The predicted octanol–water partition coefficient (Wildman–Crippen LogP) is 2.82. The highest BCUT2D eigenvalue weighted by atomic mass is 16.5. The lowest BCUT2D eigenvalue weighted by atomic mass is 10.1. The summed E-state index contributed by atoms with van der Waals surface area (Å²) in [5.41, 5.74) is 1.20. The van der Waals surface area contributed by atoms with Crippen molar-refractivity contribution in [1.29, 1.82) is 0 Å². The minimum atomic E-state index is -0.538. The molecule has 0 saturated heterocycles. The number of methoxy groups -OCH3 is 1. The van der Waals surface area contributed by atoms with E-state index in [0.717, 1.165) is 12.2 Å². The lowest BCUT2D eigenvalue weighted by molar-refractivity contribution is -0.127. The van der Waals surface area contributed by atoms with Gasteiger partial charge in [-0.15, -0.1) is 0 Å². The van der Waals surface area contributed by atoms with E-state index in [9.17, 15) is 4.79 Å². The van der Waals surface area contributed by atoms with E-state index in [-0.39, 0.29) is 5.91 Å². The Labute approximate surface area is 131 Å². The first-order valence-electron chi connectivity index (χ1n) is 7.31. The largest absolute Gasteiger partial charge is 0.497 e. The molecule has 0 aliphatic carbocycles. The fraction of sp³-hybridized carbons (Fsp3) is 0.278. The number of rotatable bonds is 7. The second-order valence-electron chi connectivity index (χ2n) is 4.96. The highest BCUT2D eigenvalue weighted by Crippen LogP contribution is 2.18. The van der Waals surface area contributed by atoms with Gasteiger partial charge in [0, 0.05) is 6.54 Å². The van der Waals surface area contributed by atoms with E-state index in [1.54, 1.807) is 38.3 Å². The zero-order chi connectivity index (χ0) is 15.8. The monoisotopic (exact) mass is 299 g/mol. The molecule has 1 N–H and O–H groups in total. The Bertz CT molecular complexity index is 581. The Kier molecular flexibility index (Phi) is 5.83. The van der Waals surface area contributed by atoms with Crippen molar-refractivity contribution in [2.75, 3.05) is 13.7 Å². The van der Waals surface area contributed by atoms with Crippen LogP contribution in [0.4, 0.5) is 0 Å². The summed E-state index contributed by atoms with van der Waals surface area (Å²) in [4.78, 5) is 12.0. The van der Waals surface area contributed by atoms with Gasteiger partial charge in [-0.1, -0.05) is 30.3 Å². The molecule has 2 aromatic rings. The smallest absolute Gasteiger partial charge is 0.260 e. The summed E-state index contributed by atoms with van der Waals surface area (Å²) in [6, 6.07) is 17.2.